The van der Waals surface area contributed by atoms with Gasteiger partial charge in [0.05, 0.1) is 13.2 Å². The molecule has 3 nitrogen and oxygen atoms in total. The fraction of sp³-hybridized carbons (Fsp3) is 0.812. The second-order valence-corrected chi connectivity index (χ2v) is 12.2. The minimum atomic E-state index is -1.10. The molecule has 0 bridgehead atoms. The largest absolute Gasteiger partial charge is 1.00 e. The van der Waals surface area contributed by atoms with Gasteiger partial charge in [0.2, 0.25) is 0 Å². The van der Waals surface area contributed by atoms with Crippen LogP contribution in [0.25, 0.3) is 0 Å². The topological polar surface area (TPSA) is 21.7 Å². The third kappa shape index (κ3) is 15.4. The van der Waals surface area contributed by atoms with Crippen LogP contribution in [0.5, 0.6) is 0 Å². The second-order valence-electron chi connectivity index (χ2n) is 7.14. The van der Waals surface area contributed by atoms with Crippen molar-refractivity contribution in [1.29, 1.82) is 0 Å². The van der Waals surface area contributed by atoms with Crippen LogP contribution in [0.3, 0.4) is 0 Å². The van der Waals surface area contributed by atoms with Crippen LogP contribution in [-0.2, 0) is 9.47 Å². The van der Waals surface area contributed by atoms with Crippen LogP contribution in [-0.4, -0.2) is 60.0 Å². The van der Waals surface area contributed by atoms with Gasteiger partial charge in [0.15, 0.2) is 0 Å². The average molecular weight is 307 g/mol. The molecule has 21 heavy (non-hydrogen) atoms. The quantitative estimate of drug-likeness (QED) is 0.478. The Morgan fingerprint density at radius 1 is 1.00 bits per heavy atom. The van der Waals surface area contributed by atoms with Crippen molar-refractivity contribution in [3.8, 4) is 0 Å². The minimum absolute atomic E-state index is 0. The van der Waals surface area contributed by atoms with Crippen molar-refractivity contribution in [2.75, 3.05) is 47.1 Å². The molecule has 5 heteroatoms. The van der Waals surface area contributed by atoms with Gasteiger partial charge in [-0.25, -0.2) is 0 Å². The molecule has 0 aromatic heterocycles. The normalized spacial score (nSPS) is 12.6. The molecule has 0 rings (SSSR count). The number of ether oxygens (including phenoxy) is 2. The number of nitrogens with zero attached hydrogens (tertiary/aromatic N) is 1. The molecule has 3 radical (unpaired) electrons. The Morgan fingerprint density at radius 2 is 1.48 bits per heavy atom. The van der Waals surface area contributed by atoms with Crippen molar-refractivity contribution in [3.05, 3.63) is 18.9 Å². The maximum atomic E-state index is 5.19. The third-order valence-electron chi connectivity index (χ3n) is 3.00. The fourth-order valence-electron chi connectivity index (χ4n) is 1.94. The molecule has 0 spiro atoms. The van der Waals surface area contributed by atoms with Gasteiger partial charge in [-0.2, -0.15) is 0 Å². The number of hydrogen-bond donors (Lipinski definition) is 0. The van der Waals surface area contributed by atoms with E-state index in [0.717, 1.165) is 32.8 Å². The molecule has 0 fully saturated rings. The summed E-state index contributed by atoms with van der Waals surface area (Å²) in [6, 6.07) is 2.39. The van der Waals surface area contributed by atoms with Crippen molar-refractivity contribution < 1.29 is 28.3 Å². The van der Waals surface area contributed by atoms with Crippen LogP contribution in [0.15, 0.2) is 0 Å². The summed E-state index contributed by atoms with van der Waals surface area (Å²) < 4.78 is 10.4. The fourth-order valence-corrected chi connectivity index (χ4v) is 2.61. The number of rotatable bonds is 12. The molecule has 0 aromatic carbocycles. The van der Waals surface area contributed by atoms with Gasteiger partial charge in [-0.1, -0.05) is 33.5 Å². The van der Waals surface area contributed by atoms with E-state index >= 15 is 0 Å². The first-order valence-electron chi connectivity index (χ1n) is 7.44. The van der Waals surface area contributed by atoms with Gasteiger partial charge in [0.25, 0.3) is 0 Å². The van der Waals surface area contributed by atoms with Crippen molar-refractivity contribution in [3.63, 3.8) is 0 Å². The molecule has 0 aliphatic heterocycles. The SMILES string of the molecule is COCCN(CCOC)CC(C)(C)[CH][CH][CH][Si](C)(C)C.[Li+]. The molecule has 0 saturated heterocycles. The first kappa shape index (κ1) is 24.0. The van der Waals surface area contributed by atoms with E-state index in [1.165, 1.54) is 0 Å². The summed E-state index contributed by atoms with van der Waals surface area (Å²) >= 11 is 0. The summed E-state index contributed by atoms with van der Waals surface area (Å²) in [5.74, 6) is 0. The predicted octanol–water partition coefficient (Wildman–Crippen LogP) is 0.102. The molecule has 0 aliphatic carbocycles. The van der Waals surface area contributed by atoms with Gasteiger partial charge in [0, 0.05) is 41.9 Å². The minimum Gasteiger partial charge on any atom is -0.383 e. The van der Waals surface area contributed by atoms with E-state index in [4.69, 9.17) is 9.47 Å². The molecular formula is C16H34LiNO2Si+. The Hall–Kier alpha value is 0.694. The summed E-state index contributed by atoms with van der Waals surface area (Å²) in [5, 5.41) is 0. The first-order chi connectivity index (χ1) is 9.20. The van der Waals surface area contributed by atoms with Crippen LogP contribution in [0.2, 0.25) is 19.6 Å². The van der Waals surface area contributed by atoms with Crippen LogP contribution >= 0.6 is 0 Å². The standard InChI is InChI=1S/C16H34NO2Si.Li/c1-16(2,9-8-14-20(5,6)7)15-17(10-12-18-3)11-13-19-4;/h8-9,14H,10-13,15H2,1-7H3;/q;+1. The summed E-state index contributed by atoms with van der Waals surface area (Å²) in [6.07, 6.45) is 4.59. The smallest absolute Gasteiger partial charge is 0.383 e. The maximum Gasteiger partial charge on any atom is 1.00 e. The molecule has 0 amide bonds. The van der Waals surface area contributed by atoms with Gasteiger partial charge in [0.1, 0.15) is 0 Å². The maximum absolute atomic E-state index is 5.19. The van der Waals surface area contributed by atoms with Crippen molar-refractivity contribution in [2.24, 2.45) is 5.41 Å². The Kier molecular flexibility index (Phi) is 13.9. The van der Waals surface area contributed by atoms with Crippen LogP contribution in [0.1, 0.15) is 13.8 Å². The van der Waals surface area contributed by atoms with E-state index in [2.05, 4.69) is 57.3 Å². The average Bonchev–Trinajstić information content (AvgIpc) is 2.30. The Balaban J connectivity index is 0. The monoisotopic (exact) mass is 307 g/mol. The van der Waals surface area contributed by atoms with E-state index in [1.54, 1.807) is 14.2 Å². The Morgan fingerprint density at radius 3 is 1.86 bits per heavy atom. The van der Waals surface area contributed by atoms with Crippen LogP contribution in [0.4, 0.5) is 0 Å². The molecule has 119 valence electrons. The van der Waals surface area contributed by atoms with Crippen molar-refractivity contribution in [1.82, 2.24) is 4.90 Å². The molecule has 0 aromatic rings. The van der Waals surface area contributed by atoms with Gasteiger partial charge < -0.3 is 9.47 Å². The number of hydrogen-bond acceptors (Lipinski definition) is 3. The molecule has 0 saturated carbocycles. The zero-order valence-electron chi connectivity index (χ0n) is 15.5. The summed E-state index contributed by atoms with van der Waals surface area (Å²) in [7, 11) is 2.40. The van der Waals surface area contributed by atoms with Crippen LogP contribution in [0, 0.1) is 24.3 Å². The van der Waals surface area contributed by atoms with Crippen molar-refractivity contribution >= 4 is 8.07 Å². The molecule has 0 N–H and O–H groups in total. The zero-order chi connectivity index (χ0) is 15.6. The van der Waals surface area contributed by atoms with Crippen molar-refractivity contribution in [2.45, 2.75) is 33.5 Å². The zero-order valence-corrected chi connectivity index (χ0v) is 16.5. The first-order valence-corrected chi connectivity index (χ1v) is 11.0. The van der Waals surface area contributed by atoms with Gasteiger partial charge in [-0.05, 0) is 24.3 Å². The molecule has 0 atom stereocenters. The third-order valence-corrected chi connectivity index (χ3v) is 4.19. The second kappa shape index (κ2) is 12.2. The summed E-state index contributed by atoms with van der Waals surface area (Å²) in [5.41, 5.74) is 0.164. The summed E-state index contributed by atoms with van der Waals surface area (Å²) in [4.78, 5) is 2.41. The van der Waals surface area contributed by atoms with E-state index in [-0.39, 0.29) is 24.3 Å². The predicted molar refractivity (Wildman–Crippen MR) is 90.2 cm³/mol. The van der Waals surface area contributed by atoms with E-state index in [1.807, 2.05) is 0 Å². The van der Waals surface area contributed by atoms with Crippen LogP contribution < -0.4 is 18.9 Å². The number of methoxy groups -OCH3 is 2. The van der Waals surface area contributed by atoms with Gasteiger partial charge in [-0.15, -0.1) is 0 Å². The summed E-state index contributed by atoms with van der Waals surface area (Å²) in [6.45, 7) is 16.1. The molecule has 0 heterocycles. The van der Waals surface area contributed by atoms with Gasteiger partial charge in [-0.3, -0.25) is 4.90 Å². The van der Waals surface area contributed by atoms with E-state index in [9.17, 15) is 0 Å². The van der Waals surface area contributed by atoms with Gasteiger partial charge >= 0.3 is 18.9 Å². The molecular weight excluding hydrogens is 273 g/mol. The van der Waals surface area contributed by atoms with E-state index in [0.29, 0.717) is 0 Å². The van der Waals surface area contributed by atoms with E-state index < -0.39 is 8.07 Å². The molecule has 0 aliphatic rings. The Bertz CT molecular complexity index is 237. The molecule has 0 unspecified atom stereocenters. The Labute approximate surface area is 146 Å².